The Morgan fingerprint density at radius 3 is 2.41 bits per heavy atom. The first kappa shape index (κ1) is 17.1. The Kier molecular flexibility index (Phi) is 5.32. The summed E-state index contributed by atoms with van der Waals surface area (Å²) in [6.07, 6.45) is 3.02. The third-order valence-corrected chi connectivity index (χ3v) is 4.31. The SMILES string of the molecule is CC(C)(C)OC(=O)N1CC(CC2CCOCC2)C[C@H]1C(=O)O. The van der Waals surface area contributed by atoms with Gasteiger partial charge in [0.1, 0.15) is 11.6 Å². The summed E-state index contributed by atoms with van der Waals surface area (Å²) in [4.78, 5) is 25.1. The molecular weight excluding hydrogens is 286 g/mol. The van der Waals surface area contributed by atoms with E-state index < -0.39 is 23.7 Å². The van der Waals surface area contributed by atoms with Crippen LogP contribution in [0.2, 0.25) is 0 Å². The van der Waals surface area contributed by atoms with Crippen molar-refractivity contribution in [2.75, 3.05) is 19.8 Å². The summed E-state index contributed by atoms with van der Waals surface area (Å²) in [6.45, 7) is 7.41. The van der Waals surface area contributed by atoms with Gasteiger partial charge >= 0.3 is 12.1 Å². The van der Waals surface area contributed by atoms with Gasteiger partial charge in [0.25, 0.3) is 0 Å². The fourth-order valence-electron chi connectivity index (χ4n) is 3.30. The molecular formula is C16H27NO5. The van der Waals surface area contributed by atoms with Crippen LogP contribution in [0.3, 0.4) is 0 Å². The maximum Gasteiger partial charge on any atom is 0.411 e. The van der Waals surface area contributed by atoms with Gasteiger partial charge in [-0.05, 0) is 58.3 Å². The molecule has 0 radical (unpaired) electrons. The molecule has 1 amide bonds. The highest BCUT2D eigenvalue weighted by Crippen LogP contribution is 2.32. The minimum Gasteiger partial charge on any atom is -0.480 e. The van der Waals surface area contributed by atoms with E-state index in [-0.39, 0.29) is 5.92 Å². The van der Waals surface area contributed by atoms with Crippen molar-refractivity contribution in [2.45, 2.75) is 58.1 Å². The lowest BCUT2D eigenvalue weighted by atomic mass is 9.88. The third-order valence-electron chi connectivity index (χ3n) is 4.31. The number of hydrogen-bond acceptors (Lipinski definition) is 4. The molecule has 0 aromatic carbocycles. The van der Waals surface area contributed by atoms with Gasteiger partial charge in [-0.15, -0.1) is 0 Å². The van der Waals surface area contributed by atoms with Gasteiger partial charge in [0.05, 0.1) is 0 Å². The van der Waals surface area contributed by atoms with E-state index in [1.807, 2.05) is 0 Å². The summed E-state index contributed by atoms with van der Waals surface area (Å²) >= 11 is 0. The maximum absolute atomic E-state index is 12.2. The predicted octanol–water partition coefficient (Wildman–Crippen LogP) is 2.51. The highest BCUT2D eigenvalue weighted by atomic mass is 16.6. The van der Waals surface area contributed by atoms with Crippen LogP contribution in [0.15, 0.2) is 0 Å². The Labute approximate surface area is 131 Å². The van der Waals surface area contributed by atoms with Gasteiger partial charge < -0.3 is 14.6 Å². The van der Waals surface area contributed by atoms with Crippen LogP contribution in [0.25, 0.3) is 0 Å². The molecule has 2 fully saturated rings. The fraction of sp³-hybridized carbons (Fsp3) is 0.875. The van der Waals surface area contributed by atoms with Crippen LogP contribution in [-0.2, 0) is 14.3 Å². The molecule has 2 aliphatic heterocycles. The average Bonchev–Trinajstić information content (AvgIpc) is 2.82. The zero-order valence-corrected chi connectivity index (χ0v) is 13.7. The first-order valence-corrected chi connectivity index (χ1v) is 8.06. The number of ether oxygens (including phenoxy) is 2. The molecule has 1 unspecified atom stereocenters. The Bertz CT molecular complexity index is 411. The normalized spacial score (nSPS) is 27.0. The highest BCUT2D eigenvalue weighted by Gasteiger charge is 2.42. The van der Waals surface area contributed by atoms with Crippen molar-refractivity contribution in [1.29, 1.82) is 0 Å². The molecule has 2 atom stereocenters. The third kappa shape index (κ3) is 4.60. The molecule has 2 aliphatic rings. The molecule has 0 aromatic rings. The summed E-state index contributed by atoms with van der Waals surface area (Å²) in [5.41, 5.74) is -0.612. The largest absolute Gasteiger partial charge is 0.480 e. The Morgan fingerprint density at radius 2 is 1.86 bits per heavy atom. The molecule has 126 valence electrons. The number of carboxylic acids is 1. The number of carbonyl (C=O) groups is 2. The van der Waals surface area contributed by atoms with E-state index in [2.05, 4.69) is 0 Å². The molecule has 2 heterocycles. The van der Waals surface area contributed by atoms with Crippen LogP contribution in [0, 0.1) is 11.8 Å². The van der Waals surface area contributed by atoms with Crippen LogP contribution < -0.4 is 0 Å². The number of aliphatic carboxylic acids is 1. The van der Waals surface area contributed by atoms with Crippen molar-refractivity contribution in [3.8, 4) is 0 Å². The van der Waals surface area contributed by atoms with Crippen LogP contribution in [0.1, 0.15) is 46.5 Å². The molecule has 0 aliphatic carbocycles. The number of likely N-dealkylation sites (tertiary alicyclic amines) is 1. The molecule has 6 heteroatoms. The molecule has 6 nitrogen and oxygen atoms in total. The lowest BCUT2D eigenvalue weighted by Gasteiger charge is -2.27. The molecule has 0 aromatic heterocycles. The number of carbonyl (C=O) groups excluding carboxylic acids is 1. The number of hydrogen-bond donors (Lipinski definition) is 1. The molecule has 22 heavy (non-hydrogen) atoms. The average molecular weight is 313 g/mol. The monoisotopic (exact) mass is 313 g/mol. The number of amides is 1. The molecule has 0 bridgehead atoms. The maximum atomic E-state index is 12.2. The van der Waals surface area contributed by atoms with Crippen molar-refractivity contribution in [1.82, 2.24) is 4.90 Å². The minimum atomic E-state index is -0.944. The molecule has 0 saturated carbocycles. The molecule has 2 saturated heterocycles. The van der Waals surface area contributed by atoms with E-state index in [0.29, 0.717) is 18.9 Å². The second-order valence-corrected chi connectivity index (χ2v) is 7.38. The Hall–Kier alpha value is -1.30. The lowest BCUT2D eigenvalue weighted by Crippen LogP contribution is -2.43. The number of rotatable bonds is 3. The topological polar surface area (TPSA) is 76.1 Å². The van der Waals surface area contributed by atoms with Crippen LogP contribution >= 0.6 is 0 Å². The van der Waals surface area contributed by atoms with Gasteiger partial charge in [-0.1, -0.05) is 0 Å². The van der Waals surface area contributed by atoms with Gasteiger partial charge in [0.2, 0.25) is 0 Å². The zero-order chi connectivity index (χ0) is 16.3. The Morgan fingerprint density at radius 1 is 1.23 bits per heavy atom. The van der Waals surface area contributed by atoms with Gasteiger partial charge in [-0.2, -0.15) is 0 Å². The van der Waals surface area contributed by atoms with Crippen LogP contribution in [0.4, 0.5) is 4.79 Å². The van der Waals surface area contributed by atoms with Gasteiger partial charge in [-0.25, -0.2) is 9.59 Å². The smallest absolute Gasteiger partial charge is 0.411 e. The van der Waals surface area contributed by atoms with E-state index in [1.54, 1.807) is 20.8 Å². The van der Waals surface area contributed by atoms with Crippen molar-refractivity contribution in [3.05, 3.63) is 0 Å². The van der Waals surface area contributed by atoms with Crippen molar-refractivity contribution in [3.63, 3.8) is 0 Å². The van der Waals surface area contributed by atoms with Crippen LogP contribution in [0.5, 0.6) is 0 Å². The zero-order valence-electron chi connectivity index (χ0n) is 13.7. The summed E-state index contributed by atoms with van der Waals surface area (Å²) in [7, 11) is 0. The summed E-state index contributed by atoms with van der Waals surface area (Å²) < 4.78 is 10.7. The van der Waals surface area contributed by atoms with Crippen molar-refractivity contribution < 1.29 is 24.2 Å². The first-order chi connectivity index (χ1) is 10.3. The first-order valence-electron chi connectivity index (χ1n) is 8.06. The molecule has 1 N–H and O–H groups in total. The van der Waals surface area contributed by atoms with E-state index in [0.717, 1.165) is 32.5 Å². The summed E-state index contributed by atoms with van der Waals surface area (Å²) in [5.74, 6) is -0.135. The molecule has 2 rings (SSSR count). The van der Waals surface area contributed by atoms with Crippen molar-refractivity contribution in [2.24, 2.45) is 11.8 Å². The molecule has 0 spiro atoms. The Balaban J connectivity index is 1.96. The van der Waals surface area contributed by atoms with Crippen molar-refractivity contribution >= 4 is 12.1 Å². The predicted molar refractivity (Wildman–Crippen MR) is 80.6 cm³/mol. The standard InChI is InChI=1S/C16H27NO5/c1-16(2,3)22-15(20)17-10-12(9-13(17)14(18)19)8-11-4-6-21-7-5-11/h11-13H,4-10H2,1-3H3,(H,18,19)/t12?,13-/m0/s1. The van der Waals surface area contributed by atoms with Crippen LogP contribution in [-0.4, -0.2) is 53.5 Å². The summed E-state index contributed by atoms with van der Waals surface area (Å²) in [5, 5.41) is 9.39. The highest BCUT2D eigenvalue weighted by molar-refractivity contribution is 5.81. The minimum absolute atomic E-state index is 0.233. The van der Waals surface area contributed by atoms with E-state index in [1.165, 1.54) is 4.90 Å². The lowest BCUT2D eigenvalue weighted by molar-refractivity contribution is -0.142. The van der Waals surface area contributed by atoms with E-state index in [4.69, 9.17) is 9.47 Å². The second-order valence-electron chi connectivity index (χ2n) is 7.38. The number of nitrogens with zero attached hydrogens (tertiary/aromatic N) is 1. The second kappa shape index (κ2) is 6.86. The number of carboxylic acid groups (broad SMARTS) is 1. The van der Waals surface area contributed by atoms with E-state index >= 15 is 0 Å². The fourth-order valence-corrected chi connectivity index (χ4v) is 3.30. The summed E-state index contributed by atoms with van der Waals surface area (Å²) in [6, 6.07) is -0.764. The van der Waals surface area contributed by atoms with Gasteiger partial charge in [0, 0.05) is 19.8 Å². The van der Waals surface area contributed by atoms with E-state index in [9.17, 15) is 14.7 Å². The van der Waals surface area contributed by atoms with Gasteiger partial charge in [0.15, 0.2) is 0 Å². The quantitative estimate of drug-likeness (QED) is 0.866. The van der Waals surface area contributed by atoms with Gasteiger partial charge in [-0.3, -0.25) is 4.90 Å².